The van der Waals surface area contributed by atoms with Crippen LogP contribution in [0.5, 0.6) is 0 Å². The smallest absolute Gasteiger partial charge is 0.166 e. The van der Waals surface area contributed by atoms with Gasteiger partial charge in [0.25, 0.3) is 0 Å². The molecule has 9 aromatic carbocycles. The van der Waals surface area contributed by atoms with Crippen molar-refractivity contribution in [3.8, 4) is 62.1 Å². The molecule has 0 atom stereocenters. The van der Waals surface area contributed by atoms with Gasteiger partial charge in [0, 0.05) is 27.5 Å². The van der Waals surface area contributed by atoms with Crippen molar-refractivity contribution in [3.05, 3.63) is 206 Å². The summed E-state index contributed by atoms with van der Waals surface area (Å²) in [6.07, 6.45) is 0. The average molecular weight is 727 g/mol. The topological polar surface area (TPSA) is 43.6 Å². The largest absolute Gasteiger partial charge is 0.308 e. The van der Waals surface area contributed by atoms with Crippen LogP contribution in [-0.2, 0) is 0 Å². The van der Waals surface area contributed by atoms with Gasteiger partial charge < -0.3 is 4.57 Å². The predicted octanol–water partition coefficient (Wildman–Crippen LogP) is 13.6. The van der Waals surface area contributed by atoms with Crippen molar-refractivity contribution in [1.82, 2.24) is 19.5 Å². The number of rotatable bonds is 6. The Kier molecular flexibility index (Phi) is 7.78. The van der Waals surface area contributed by atoms with E-state index in [1.54, 1.807) is 0 Å². The quantitative estimate of drug-likeness (QED) is 0.171. The standard InChI is InChI=1S/C53H34N4/c1-3-15-35(16-4-1)38-29-32-47(50(34-38)57-48-27-11-9-23-44(48)45-24-10-12-28-49(45)57)53-55-51(54-52(56-53)46-26-13-20-37-19-7-8-22-42(37)46)40-30-31-43-39(33-40)21-14-25-41(43)36-17-5-2-6-18-36/h1-34H. The summed E-state index contributed by atoms with van der Waals surface area (Å²) in [4.78, 5) is 16.0. The molecule has 11 aromatic rings. The summed E-state index contributed by atoms with van der Waals surface area (Å²) < 4.78 is 2.37. The zero-order chi connectivity index (χ0) is 37.7. The molecule has 11 rings (SSSR count). The molecule has 0 amide bonds. The number of benzene rings is 9. The molecule has 4 nitrogen and oxygen atoms in total. The van der Waals surface area contributed by atoms with Gasteiger partial charge in [0.15, 0.2) is 17.5 Å². The number of aromatic nitrogens is 4. The summed E-state index contributed by atoms with van der Waals surface area (Å²) in [5, 5.41) is 6.93. The second kappa shape index (κ2) is 13.6. The lowest BCUT2D eigenvalue weighted by molar-refractivity contribution is 1.07. The van der Waals surface area contributed by atoms with Crippen LogP contribution < -0.4 is 0 Å². The van der Waals surface area contributed by atoms with E-state index in [2.05, 4.69) is 211 Å². The third-order valence-electron chi connectivity index (χ3n) is 11.1. The van der Waals surface area contributed by atoms with Gasteiger partial charge in [-0.1, -0.05) is 176 Å². The second-order valence-corrected chi connectivity index (χ2v) is 14.4. The minimum atomic E-state index is 0.609. The fourth-order valence-corrected chi connectivity index (χ4v) is 8.36. The van der Waals surface area contributed by atoms with E-state index in [0.29, 0.717) is 17.5 Å². The van der Waals surface area contributed by atoms with E-state index in [-0.39, 0.29) is 0 Å². The van der Waals surface area contributed by atoms with E-state index >= 15 is 0 Å². The van der Waals surface area contributed by atoms with Crippen LogP contribution in [-0.4, -0.2) is 19.5 Å². The highest BCUT2D eigenvalue weighted by atomic mass is 15.1. The molecule has 0 saturated heterocycles. The minimum Gasteiger partial charge on any atom is -0.308 e. The molecule has 57 heavy (non-hydrogen) atoms. The number of fused-ring (bicyclic) bond motifs is 5. The number of nitrogens with zero attached hydrogens (tertiary/aromatic N) is 4. The van der Waals surface area contributed by atoms with Gasteiger partial charge in [0.1, 0.15) is 0 Å². The molecule has 0 bridgehead atoms. The molecule has 0 aliphatic rings. The Morgan fingerprint density at radius 3 is 1.54 bits per heavy atom. The van der Waals surface area contributed by atoms with Crippen molar-refractivity contribution in [3.63, 3.8) is 0 Å². The molecule has 2 aromatic heterocycles. The predicted molar refractivity (Wildman–Crippen MR) is 236 cm³/mol. The van der Waals surface area contributed by atoms with Gasteiger partial charge in [0.05, 0.1) is 16.7 Å². The molecule has 266 valence electrons. The molecular formula is C53H34N4. The zero-order valence-electron chi connectivity index (χ0n) is 30.9. The molecule has 0 aliphatic heterocycles. The van der Waals surface area contributed by atoms with E-state index in [1.165, 1.54) is 27.3 Å². The van der Waals surface area contributed by atoms with E-state index in [0.717, 1.165) is 60.7 Å². The van der Waals surface area contributed by atoms with Crippen molar-refractivity contribution in [2.24, 2.45) is 0 Å². The molecule has 0 saturated carbocycles. The Balaban J connectivity index is 1.19. The lowest BCUT2D eigenvalue weighted by Crippen LogP contribution is -2.04. The summed E-state index contributed by atoms with van der Waals surface area (Å²) in [7, 11) is 0. The van der Waals surface area contributed by atoms with Crippen LogP contribution >= 0.6 is 0 Å². The Labute approximate surface area is 330 Å². The Morgan fingerprint density at radius 2 is 0.807 bits per heavy atom. The molecule has 0 fully saturated rings. The van der Waals surface area contributed by atoms with Crippen LogP contribution in [0.2, 0.25) is 0 Å². The highest BCUT2D eigenvalue weighted by molar-refractivity contribution is 6.10. The highest BCUT2D eigenvalue weighted by Gasteiger charge is 2.21. The Morgan fingerprint density at radius 1 is 0.281 bits per heavy atom. The maximum absolute atomic E-state index is 5.36. The monoisotopic (exact) mass is 726 g/mol. The van der Waals surface area contributed by atoms with Gasteiger partial charge in [-0.25, -0.2) is 15.0 Å². The summed E-state index contributed by atoms with van der Waals surface area (Å²) in [5.41, 5.74) is 10.7. The normalized spacial score (nSPS) is 11.5. The number of hydrogen-bond donors (Lipinski definition) is 0. The average Bonchev–Trinajstić information content (AvgIpc) is 3.63. The van der Waals surface area contributed by atoms with Crippen LogP contribution in [0.15, 0.2) is 206 Å². The number of hydrogen-bond acceptors (Lipinski definition) is 3. The van der Waals surface area contributed by atoms with Gasteiger partial charge >= 0.3 is 0 Å². The van der Waals surface area contributed by atoms with E-state index in [1.807, 2.05) is 0 Å². The minimum absolute atomic E-state index is 0.609. The van der Waals surface area contributed by atoms with E-state index in [4.69, 9.17) is 15.0 Å². The fourth-order valence-electron chi connectivity index (χ4n) is 8.36. The molecule has 4 heteroatoms. The Bertz CT molecular complexity index is 3230. The van der Waals surface area contributed by atoms with Gasteiger partial charge in [-0.2, -0.15) is 0 Å². The Hall–Kier alpha value is -7.69. The van der Waals surface area contributed by atoms with E-state index < -0.39 is 0 Å². The first-order valence-electron chi connectivity index (χ1n) is 19.3. The first-order chi connectivity index (χ1) is 28.3. The lowest BCUT2D eigenvalue weighted by Gasteiger charge is -2.17. The van der Waals surface area contributed by atoms with Gasteiger partial charge in [0.2, 0.25) is 0 Å². The molecule has 2 heterocycles. The van der Waals surface area contributed by atoms with Crippen molar-refractivity contribution < 1.29 is 0 Å². The van der Waals surface area contributed by atoms with Crippen LogP contribution in [0.1, 0.15) is 0 Å². The van der Waals surface area contributed by atoms with Gasteiger partial charge in [-0.05, 0) is 74.1 Å². The summed E-state index contributed by atoms with van der Waals surface area (Å²) in [6.45, 7) is 0. The molecule has 0 spiro atoms. The maximum Gasteiger partial charge on any atom is 0.166 e. The molecule has 0 N–H and O–H groups in total. The van der Waals surface area contributed by atoms with Crippen LogP contribution in [0.4, 0.5) is 0 Å². The van der Waals surface area contributed by atoms with Crippen LogP contribution in [0.3, 0.4) is 0 Å². The third kappa shape index (κ3) is 5.66. The fraction of sp³-hybridized carbons (Fsp3) is 0. The molecule has 0 unspecified atom stereocenters. The highest BCUT2D eigenvalue weighted by Crippen LogP contribution is 2.39. The van der Waals surface area contributed by atoms with Crippen molar-refractivity contribution in [1.29, 1.82) is 0 Å². The second-order valence-electron chi connectivity index (χ2n) is 14.4. The SMILES string of the molecule is c1ccc(-c2ccc(-c3nc(-c4ccc5c(-c6ccccc6)cccc5c4)nc(-c4cccc5ccccc45)n3)c(-n3c4ccccc4c4ccccc43)c2)cc1. The van der Waals surface area contributed by atoms with Crippen molar-refractivity contribution in [2.75, 3.05) is 0 Å². The van der Waals surface area contributed by atoms with Crippen LogP contribution in [0, 0.1) is 0 Å². The lowest BCUT2D eigenvalue weighted by atomic mass is 9.97. The zero-order valence-corrected chi connectivity index (χ0v) is 30.9. The van der Waals surface area contributed by atoms with Gasteiger partial charge in [-0.15, -0.1) is 0 Å². The first-order valence-corrected chi connectivity index (χ1v) is 19.3. The maximum atomic E-state index is 5.36. The summed E-state index contributed by atoms with van der Waals surface area (Å²) in [6, 6.07) is 72.8. The summed E-state index contributed by atoms with van der Waals surface area (Å²) >= 11 is 0. The van der Waals surface area contributed by atoms with Crippen molar-refractivity contribution >= 4 is 43.4 Å². The summed E-state index contributed by atoms with van der Waals surface area (Å²) in [5.74, 6) is 1.86. The van der Waals surface area contributed by atoms with E-state index in [9.17, 15) is 0 Å². The molecule has 0 aliphatic carbocycles. The molecular weight excluding hydrogens is 693 g/mol. The van der Waals surface area contributed by atoms with Crippen molar-refractivity contribution in [2.45, 2.75) is 0 Å². The van der Waals surface area contributed by atoms with Crippen LogP contribution in [0.25, 0.3) is 105 Å². The molecule has 0 radical (unpaired) electrons. The number of para-hydroxylation sites is 2. The third-order valence-corrected chi connectivity index (χ3v) is 11.1. The first kappa shape index (κ1) is 32.7. The van der Waals surface area contributed by atoms with Gasteiger partial charge in [-0.3, -0.25) is 0 Å².